The highest BCUT2D eigenvalue weighted by molar-refractivity contribution is 7.89. The van der Waals surface area contributed by atoms with Crippen molar-refractivity contribution in [2.24, 2.45) is 5.92 Å². The van der Waals surface area contributed by atoms with Crippen LogP contribution in [0.3, 0.4) is 0 Å². The molecule has 1 fully saturated rings. The fourth-order valence-electron chi connectivity index (χ4n) is 3.51. The summed E-state index contributed by atoms with van der Waals surface area (Å²) in [5.41, 5.74) is 0.864. The first-order valence-electron chi connectivity index (χ1n) is 9.93. The fourth-order valence-corrected chi connectivity index (χ4v) is 5.41. The van der Waals surface area contributed by atoms with Gasteiger partial charge in [-0.15, -0.1) is 0 Å². The number of sulfonamides is 1. The van der Waals surface area contributed by atoms with Crippen LogP contribution in [0.15, 0.2) is 47.5 Å². The first-order chi connectivity index (χ1) is 14.3. The molecule has 1 unspecified atom stereocenters. The Labute approximate surface area is 187 Å². The summed E-state index contributed by atoms with van der Waals surface area (Å²) in [6.45, 7) is 3.40. The Balaban J connectivity index is 1.82. The van der Waals surface area contributed by atoms with Crippen LogP contribution in [0.1, 0.15) is 31.7 Å². The molecule has 0 saturated carbocycles. The second-order valence-corrected chi connectivity index (χ2v) is 10.1. The van der Waals surface area contributed by atoms with Crippen molar-refractivity contribution in [3.63, 3.8) is 0 Å². The Morgan fingerprint density at radius 1 is 1.20 bits per heavy atom. The predicted octanol–water partition coefficient (Wildman–Crippen LogP) is 3.93. The fraction of sp³-hybridized carbons (Fsp3) is 0.429. The molecular formula is C21H25Cl2N3O3S. The number of nitrogens with zero attached hydrogens (tertiary/aromatic N) is 2. The summed E-state index contributed by atoms with van der Waals surface area (Å²) in [6, 6.07) is 9.29. The van der Waals surface area contributed by atoms with E-state index in [-0.39, 0.29) is 22.4 Å². The molecule has 0 spiro atoms. The van der Waals surface area contributed by atoms with Crippen LogP contribution in [0, 0.1) is 5.92 Å². The maximum atomic E-state index is 13.2. The van der Waals surface area contributed by atoms with Crippen LogP contribution in [0.25, 0.3) is 0 Å². The number of piperidine rings is 1. The SMILES string of the molecule is CC1CCN(C(=O)C(CCc2ccccc2Cl)NS(=O)(=O)c2cccnc2Cl)CC1. The van der Waals surface area contributed by atoms with E-state index in [1.807, 2.05) is 18.2 Å². The Bertz CT molecular complexity index is 992. The van der Waals surface area contributed by atoms with Crippen molar-refractivity contribution in [1.29, 1.82) is 0 Å². The van der Waals surface area contributed by atoms with Crippen LogP contribution >= 0.6 is 23.2 Å². The lowest BCUT2D eigenvalue weighted by Crippen LogP contribution is -2.50. The molecule has 0 aliphatic carbocycles. The molecule has 9 heteroatoms. The van der Waals surface area contributed by atoms with E-state index in [9.17, 15) is 13.2 Å². The third-order valence-electron chi connectivity index (χ3n) is 5.37. The summed E-state index contributed by atoms with van der Waals surface area (Å²) in [5, 5.41) is 0.461. The van der Waals surface area contributed by atoms with Crippen molar-refractivity contribution in [3.05, 3.63) is 58.3 Å². The summed E-state index contributed by atoms with van der Waals surface area (Å²) in [6.07, 6.45) is 3.97. The third-order valence-corrected chi connectivity index (χ3v) is 7.65. The van der Waals surface area contributed by atoms with Gasteiger partial charge in [0, 0.05) is 24.3 Å². The molecule has 2 aromatic rings. The molecule has 6 nitrogen and oxygen atoms in total. The van der Waals surface area contributed by atoms with Crippen LogP contribution in [-0.4, -0.2) is 43.3 Å². The second kappa shape index (κ2) is 10.1. The van der Waals surface area contributed by atoms with Gasteiger partial charge in [0.05, 0.1) is 0 Å². The van der Waals surface area contributed by atoms with Gasteiger partial charge in [-0.2, -0.15) is 4.72 Å². The van der Waals surface area contributed by atoms with E-state index in [0.29, 0.717) is 30.5 Å². The average Bonchev–Trinajstić information content (AvgIpc) is 2.72. The van der Waals surface area contributed by atoms with Gasteiger partial charge < -0.3 is 4.90 Å². The largest absolute Gasteiger partial charge is 0.341 e. The van der Waals surface area contributed by atoms with E-state index in [4.69, 9.17) is 23.2 Å². The van der Waals surface area contributed by atoms with Gasteiger partial charge in [0.15, 0.2) is 0 Å². The van der Waals surface area contributed by atoms with Gasteiger partial charge in [0.25, 0.3) is 0 Å². The van der Waals surface area contributed by atoms with E-state index >= 15 is 0 Å². The number of carbonyl (C=O) groups excluding carboxylic acids is 1. The summed E-state index contributed by atoms with van der Waals surface area (Å²) in [4.78, 5) is 18.7. The summed E-state index contributed by atoms with van der Waals surface area (Å²) >= 11 is 12.2. The third kappa shape index (κ3) is 5.72. The van der Waals surface area contributed by atoms with Crippen LogP contribution in [0.5, 0.6) is 0 Å². The van der Waals surface area contributed by atoms with Gasteiger partial charge in [0.2, 0.25) is 15.9 Å². The second-order valence-electron chi connectivity index (χ2n) is 7.60. The lowest BCUT2D eigenvalue weighted by atomic mass is 9.98. The van der Waals surface area contributed by atoms with Gasteiger partial charge in [-0.3, -0.25) is 4.79 Å². The summed E-state index contributed by atoms with van der Waals surface area (Å²) in [7, 11) is -4.02. The van der Waals surface area contributed by atoms with Gasteiger partial charge in [-0.1, -0.05) is 48.3 Å². The molecular weight excluding hydrogens is 445 g/mol. The zero-order valence-electron chi connectivity index (χ0n) is 16.7. The first-order valence-corrected chi connectivity index (χ1v) is 12.2. The number of hydrogen-bond donors (Lipinski definition) is 1. The maximum absolute atomic E-state index is 13.2. The smallest absolute Gasteiger partial charge is 0.244 e. The molecule has 2 heterocycles. The maximum Gasteiger partial charge on any atom is 0.244 e. The van der Waals surface area contributed by atoms with E-state index < -0.39 is 16.1 Å². The standard InChI is InChI=1S/C21H25Cl2N3O3S/c1-15-10-13-26(14-11-15)21(27)18(9-8-16-5-2-3-6-17(16)22)25-30(28,29)19-7-4-12-24-20(19)23/h2-7,12,15,18,25H,8-11,13-14H2,1H3. The van der Waals surface area contributed by atoms with Crippen LogP contribution in [-0.2, 0) is 21.2 Å². The number of benzene rings is 1. The first kappa shape index (κ1) is 23.0. The number of aryl methyl sites for hydroxylation is 1. The summed E-state index contributed by atoms with van der Waals surface area (Å²) < 4.78 is 28.5. The molecule has 1 saturated heterocycles. The van der Waals surface area contributed by atoms with Crippen molar-refractivity contribution in [1.82, 2.24) is 14.6 Å². The van der Waals surface area contributed by atoms with Crippen LogP contribution in [0.2, 0.25) is 10.2 Å². The number of hydrogen-bond acceptors (Lipinski definition) is 4. The van der Waals surface area contributed by atoms with Crippen molar-refractivity contribution >= 4 is 39.1 Å². The Kier molecular flexibility index (Phi) is 7.74. The molecule has 0 radical (unpaired) electrons. The van der Waals surface area contributed by atoms with Gasteiger partial charge in [0.1, 0.15) is 16.1 Å². The molecule has 1 aliphatic rings. The minimum atomic E-state index is -4.02. The van der Waals surface area contributed by atoms with E-state index in [2.05, 4.69) is 16.6 Å². The number of amides is 1. The molecule has 0 bridgehead atoms. The highest BCUT2D eigenvalue weighted by Gasteiger charge is 2.31. The molecule has 1 amide bonds. The number of halogens is 2. The van der Waals surface area contributed by atoms with E-state index in [0.717, 1.165) is 18.4 Å². The monoisotopic (exact) mass is 469 g/mol. The average molecular weight is 470 g/mol. The number of carbonyl (C=O) groups is 1. The van der Waals surface area contributed by atoms with Crippen molar-refractivity contribution < 1.29 is 13.2 Å². The Morgan fingerprint density at radius 3 is 2.57 bits per heavy atom. The normalized spacial score (nSPS) is 16.4. The van der Waals surface area contributed by atoms with Crippen LogP contribution in [0.4, 0.5) is 0 Å². The Morgan fingerprint density at radius 2 is 1.90 bits per heavy atom. The van der Waals surface area contributed by atoms with Crippen molar-refractivity contribution in [2.45, 2.75) is 43.5 Å². The zero-order valence-corrected chi connectivity index (χ0v) is 19.1. The number of nitrogens with one attached hydrogen (secondary N) is 1. The molecule has 1 N–H and O–H groups in total. The molecule has 1 aliphatic heterocycles. The lowest BCUT2D eigenvalue weighted by Gasteiger charge is -2.33. The molecule has 3 rings (SSSR count). The number of aromatic nitrogens is 1. The predicted molar refractivity (Wildman–Crippen MR) is 118 cm³/mol. The molecule has 162 valence electrons. The van der Waals surface area contributed by atoms with Gasteiger partial charge in [-0.05, 0) is 55.4 Å². The number of pyridine rings is 1. The summed E-state index contributed by atoms with van der Waals surface area (Å²) in [5.74, 6) is 0.332. The van der Waals surface area contributed by atoms with E-state index in [1.54, 1.807) is 11.0 Å². The van der Waals surface area contributed by atoms with Crippen molar-refractivity contribution in [2.75, 3.05) is 13.1 Å². The topological polar surface area (TPSA) is 79.4 Å². The van der Waals surface area contributed by atoms with Gasteiger partial charge >= 0.3 is 0 Å². The lowest BCUT2D eigenvalue weighted by molar-refractivity contribution is -0.134. The number of rotatable bonds is 7. The molecule has 1 aromatic carbocycles. The number of likely N-dealkylation sites (tertiary alicyclic amines) is 1. The van der Waals surface area contributed by atoms with Crippen molar-refractivity contribution in [3.8, 4) is 0 Å². The highest BCUT2D eigenvalue weighted by atomic mass is 35.5. The molecule has 30 heavy (non-hydrogen) atoms. The molecule has 1 atom stereocenters. The molecule has 1 aromatic heterocycles. The van der Waals surface area contributed by atoms with Crippen LogP contribution < -0.4 is 4.72 Å². The zero-order chi connectivity index (χ0) is 21.7. The minimum Gasteiger partial charge on any atom is -0.341 e. The Hall–Kier alpha value is -1.67. The minimum absolute atomic E-state index is 0.130. The quantitative estimate of drug-likeness (QED) is 0.622. The van der Waals surface area contributed by atoms with E-state index in [1.165, 1.54) is 18.3 Å². The highest BCUT2D eigenvalue weighted by Crippen LogP contribution is 2.23. The van der Waals surface area contributed by atoms with Gasteiger partial charge in [-0.25, -0.2) is 13.4 Å².